The molecule has 0 spiro atoms. The summed E-state index contributed by atoms with van der Waals surface area (Å²) in [5.74, 6) is 3.45. The van der Waals surface area contributed by atoms with E-state index in [0.717, 1.165) is 23.9 Å². The third-order valence-corrected chi connectivity index (χ3v) is 2.92. The summed E-state index contributed by atoms with van der Waals surface area (Å²) in [5.41, 5.74) is 1.03. The van der Waals surface area contributed by atoms with Crippen molar-refractivity contribution in [1.29, 1.82) is 0 Å². The van der Waals surface area contributed by atoms with Crippen molar-refractivity contribution in [3.8, 4) is 0 Å². The Hall–Kier alpha value is -0.770. The topological polar surface area (TPSA) is 37.8 Å². The van der Waals surface area contributed by atoms with Crippen LogP contribution in [0.15, 0.2) is 6.07 Å². The molecule has 0 fully saturated rings. The van der Waals surface area contributed by atoms with Crippen LogP contribution in [0.5, 0.6) is 0 Å². The molecule has 1 rings (SSSR count). The summed E-state index contributed by atoms with van der Waals surface area (Å²) >= 11 is 1.88. The highest BCUT2D eigenvalue weighted by Gasteiger charge is 2.05. The van der Waals surface area contributed by atoms with E-state index in [1.807, 2.05) is 24.8 Å². The van der Waals surface area contributed by atoms with Crippen LogP contribution in [-0.4, -0.2) is 28.5 Å². The molecule has 0 aliphatic carbocycles. The molecule has 0 bridgehead atoms. The van der Waals surface area contributed by atoms with E-state index in [1.165, 1.54) is 12.2 Å². The van der Waals surface area contributed by atoms with E-state index in [9.17, 15) is 0 Å². The number of nitrogens with zero attached hydrogens (tertiary/aromatic N) is 2. The lowest BCUT2D eigenvalue weighted by atomic mass is 10.2. The van der Waals surface area contributed by atoms with E-state index in [4.69, 9.17) is 0 Å². The fraction of sp³-hybridized carbons (Fsp3) is 0.667. The third-order valence-electron chi connectivity index (χ3n) is 2.22. The Balaban J connectivity index is 2.58. The molecular weight excluding hydrogens is 218 g/mol. The van der Waals surface area contributed by atoms with Crippen LogP contribution in [0.1, 0.15) is 37.7 Å². The van der Waals surface area contributed by atoms with E-state index in [-0.39, 0.29) is 0 Å². The van der Waals surface area contributed by atoms with Crippen molar-refractivity contribution in [1.82, 2.24) is 9.97 Å². The lowest BCUT2D eigenvalue weighted by molar-refractivity contribution is 0.766. The van der Waals surface area contributed by atoms with Gasteiger partial charge in [0.25, 0.3) is 0 Å². The van der Waals surface area contributed by atoms with Gasteiger partial charge in [0.2, 0.25) is 0 Å². The summed E-state index contributed by atoms with van der Waals surface area (Å²) in [7, 11) is 0. The lowest BCUT2D eigenvalue weighted by Gasteiger charge is -2.09. The summed E-state index contributed by atoms with van der Waals surface area (Å²) in [6, 6.07) is 2.00. The van der Waals surface area contributed by atoms with E-state index < -0.39 is 0 Å². The second-order valence-corrected chi connectivity index (χ2v) is 5.17. The first-order chi connectivity index (χ1) is 7.63. The number of aryl methyl sites for hydroxylation is 1. The summed E-state index contributed by atoms with van der Waals surface area (Å²) in [5, 5.41) is 3.35. The molecule has 4 heteroatoms. The fourth-order valence-corrected chi connectivity index (χ4v) is 1.81. The van der Waals surface area contributed by atoms with Crippen molar-refractivity contribution < 1.29 is 0 Å². The van der Waals surface area contributed by atoms with Gasteiger partial charge in [-0.1, -0.05) is 13.8 Å². The predicted molar refractivity (Wildman–Crippen MR) is 72.3 cm³/mol. The summed E-state index contributed by atoms with van der Waals surface area (Å²) in [4.78, 5) is 8.92. The number of nitrogens with one attached hydrogen (secondary N) is 1. The maximum absolute atomic E-state index is 4.50. The zero-order valence-corrected chi connectivity index (χ0v) is 11.4. The van der Waals surface area contributed by atoms with E-state index >= 15 is 0 Å². The average Bonchev–Trinajstić information content (AvgIpc) is 2.23. The highest BCUT2D eigenvalue weighted by Crippen LogP contribution is 2.13. The highest BCUT2D eigenvalue weighted by molar-refractivity contribution is 7.98. The van der Waals surface area contributed by atoms with Crippen molar-refractivity contribution in [3.63, 3.8) is 0 Å². The number of anilines is 1. The predicted octanol–water partition coefficient (Wildman–Crippen LogP) is 3.07. The molecule has 0 radical (unpaired) electrons. The minimum atomic E-state index is 0.381. The number of thioether (sulfide) groups is 1. The standard InChI is InChI=1S/C12H21N3S/c1-9(2)12-14-10(3)8-11(15-12)13-6-5-7-16-4/h8-9H,5-7H2,1-4H3,(H,13,14,15). The molecule has 0 saturated heterocycles. The van der Waals surface area contributed by atoms with Gasteiger partial charge in [0.05, 0.1) is 0 Å². The summed E-state index contributed by atoms with van der Waals surface area (Å²) < 4.78 is 0. The molecule has 0 aliphatic rings. The Kier molecular flexibility index (Phi) is 5.60. The summed E-state index contributed by atoms with van der Waals surface area (Å²) in [6.07, 6.45) is 3.30. The Bertz CT molecular complexity index is 326. The van der Waals surface area contributed by atoms with Crippen molar-refractivity contribution in [2.75, 3.05) is 23.9 Å². The Morgan fingerprint density at radius 3 is 2.75 bits per heavy atom. The van der Waals surface area contributed by atoms with Crippen LogP contribution in [0.4, 0.5) is 5.82 Å². The number of hydrogen-bond acceptors (Lipinski definition) is 4. The smallest absolute Gasteiger partial charge is 0.133 e. The van der Waals surface area contributed by atoms with Gasteiger partial charge >= 0.3 is 0 Å². The molecule has 0 saturated carbocycles. The molecule has 3 nitrogen and oxygen atoms in total. The van der Waals surface area contributed by atoms with Gasteiger partial charge in [-0.3, -0.25) is 0 Å². The molecule has 0 aromatic carbocycles. The molecule has 16 heavy (non-hydrogen) atoms. The zero-order valence-electron chi connectivity index (χ0n) is 10.6. The molecule has 0 unspecified atom stereocenters. The van der Waals surface area contributed by atoms with Gasteiger partial charge in [0.15, 0.2) is 0 Å². The largest absolute Gasteiger partial charge is 0.370 e. The van der Waals surface area contributed by atoms with Crippen LogP contribution in [0, 0.1) is 6.92 Å². The van der Waals surface area contributed by atoms with Gasteiger partial charge in [-0.2, -0.15) is 11.8 Å². The molecule has 1 N–H and O–H groups in total. The number of rotatable bonds is 6. The van der Waals surface area contributed by atoms with Gasteiger partial charge in [-0.15, -0.1) is 0 Å². The normalized spacial score (nSPS) is 10.8. The van der Waals surface area contributed by atoms with Crippen LogP contribution in [0.3, 0.4) is 0 Å². The van der Waals surface area contributed by atoms with Crippen LogP contribution in [-0.2, 0) is 0 Å². The summed E-state index contributed by atoms with van der Waals surface area (Å²) in [6.45, 7) is 7.23. The molecule has 1 heterocycles. The van der Waals surface area contributed by atoms with Crippen molar-refractivity contribution >= 4 is 17.6 Å². The lowest BCUT2D eigenvalue weighted by Crippen LogP contribution is -2.08. The Labute approximate surface area is 102 Å². The first-order valence-electron chi connectivity index (χ1n) is 5.72. The fourth-order valence-electron chi connectivity index (χ4n) is 1.37. The molecule has 0 amide bonds. The van der Waals surface area contributed by atoms with Crippen LogP contribution in [0.25, 0.3) is 0 Å². The van der Waals surface area contributed by atoms with Gasteiger partial charge in [0.1, 0.15) is 11.6 Å². The minimum Gasteiger partial charge on any atom is -0.370 e. The van der Waals surface area contributed by atoms with E-state index in [1.54, 1.807) is 0 Å². The van der Waals surface area contributed by atoms with Gasteiger partial charge in [-0.05, 0) is 25.4 Å². The monoisotopic (exact) mass is 239 g/mol. The van der Waals surface area contributed by atoms with Crippen LogP contribution in [0.2, 0.25) is 0 Å². The quantitative estimate of drug-likeness (QED) is 0.774. The first kappa shape index (κ1) is 13.3. The molecule has 1 aromatic heterocycles. The average molecular weight is 239 g/mol. The van der Waals surface area contributed by atoms with Gasteiger partial charge in [-0.25, -0.2) is 9.97 Å². The minimum absolute atomic E-state index is 0.381. The second kappa shape index (κ2) is 6.74. The molecule has 1 aromatic rings. The van der Waals surface area contributed by atoms with Crippen molar-refractivity contribution in [3.05, 3.63) is 17.6 Å². The Morgan fingerprint density at radius 1 is 1.38 bits per heavy atom. The second-order valence-electron chi connectivity index (χ2n) is 4.18. The molecular formula is C12H21N3S. The first-order valence-corrected chi connectivity index (χ1v) is 7.11. The van der Waals surface area contributed by atoms with Crippen LogP contribution >= 0.6 is 11.8 Å². The number of hydrogen-bond donors (Lipinski definition) is 1. The van der Waals surface area contributed by atoms with Crippen molar-refractivity contribution in [2.24, 2.45) is 0 Å². The number of aromatic nitrogens is 2. The Morgan fingerprint density at radius 2 is 2.12 bits per heavy atom. The van der Waals surface area contributed by atoms with E-state index in [0.29, 0.717) is 5.92 Å². The third kappa shape index (κ3) is 4.39. The van der Waals surface area contributed by atoms with Crippen LogP contribution < -0.4 is 5.32 Å². The van der Waals surface area contributed by atoms with Crippen molar-refractivity contribution in [2.45, 2.75) is 33.1 Å². The zero-order chi connectivity index (χ0) is 12.0. The molecule has 90 valence electrons. The maximum Gasteiger partial charge on any atom is 0.133 e. The molecule has 0 atom stereocenters. The maximum atomic E-state index is 4.50. The SMILES string of the molecule is CSCCCNc1cc(C)nc(C(C)C)n1. The molecule has 0 aliphatic heterocycles. The van der Waals surface area contributed by atoms with Gasteiger partial charge in [0, 0.05) is 24.2 Å². The van der Waals surface area contributed by atoms with E-state index in [2.05, 4.69) is 35.4 Å². The van der Waals surface area contributed by atoms with Gasteiger partial charge < -0.3 is 5.32 Å². The highest BCUT2D eigenvalue weighted by atomic mass is 32.2.